The van der Waals surface area contributed by atoms with Gasteiger partial charge in [-0.25, -0.2) is 8.42 Å². The molecule has 0 aromatic carbocycles. The van der Waals surface area contributed by atoms with Gasteiger partial charge in [-0.15, -0.1) is 22.7 Å². The molecule has 0 saturated heterocycles. The zero-order valence-electron chi connectivity index (χ0n) is 10.2. The number of halogens is 1. The highest BCUT2D eigenvalue weighted by molar-refractivity contribution is 9.11. The van der Waals surface area contributed by atoms with Gasteiger partial charge in [0.25, 0.3) is 10.0 Å². The zero-order chi connectivity index (χ0) is 14.0. The molecule has 2 aromatic rings. The summed E-state index contributed by atoms with van der Waals surface area (Å²) < 4.78 is 27.4. The lowest BCUT2D eigenvalue weighted by Gasteiger charge is -2.15. The van der Waals surface area contributed by atoms with Gasteiger partial charge in [-0.3, -0.25) is 0 Å². The Morgan fingerprint density at radius 3 is 2.47 bits per heavy atom. The smallest absolute Gasteiger partial charge is 0.252 e. The van der Waals surface area contributed by atoms with Crippen molar-refractivity contribution in [3.05, 3.63) is 37.8 Å². The van der Waals surface area contributed by atoms with Crippen LogP contribution in [0.3, 0.4) is 0 Å². The van der Waals surface area contributed by atoms with Crippen LogP contribution in [0.1, 0.15) is 11.1 Å². The van der Waals surface area contributed by atoms with E-state index in [-0.39, 0.29) is 0 Å². The fourth-order valence-electron chi connectivity index (χ4n) is 1.52. The lowest BCUT2D eigenvalue weighted by atomic mass is 10.3. The molecule has 0 aliphatic carbocycles. The highest BCUT2D eigenvalue weighted by Gasteiger charge is 2.23. The van der Waals surface area contributed by atoms with E-state index in [2.05, 4.69) is 15.9 Å². The Labute approximate surface area is 129 Å². The molecule has 0 fully saturated rings. The first kappa shape index (κ1) is 15.1. The number of nitrogens with two attached hydrogens (primary N) is 1. The molecule has 0 aliphatic rings. The average molecular weight is 381 g/mol. The van der Waals surface area contributed by atoms with Crippen molar-refractivity contribution in [1.82, 2.24) is 4.31 Å². The summed E-state index contributed by atoms with van der Waals surface area (Å²) in [6.07, 6.45) is 0. The molecule has 0 radical (unpaired) electrons. The second kappa shape index (κ2) is 6.02. The maximum Gasteiger partial charge on any atom is 0.252 e. The van der Waals surface area contributed by atoms with Gasteiger partial charge in [-0.2, -0.15) is 4.31 Å². The highest BCUT2D eigenvalue weighted by atomic mass is 79.9. The van der Waals surface area contributed by atoms with E-state index in [1.54, 1.807) is 29.8 Å². The Balaban J connectivity index is 2.19. The van der Waals surface area contributed by atoms with Crippen LogP contribution in [0.15, 0.2) is 30.9 Å². The van der Waals surface area contributed by atoms with Crippen molar-refractivity contribution >= 4 is 48.6 Å². The van der Waals surface area contributed by atoms with Gasteiger partial charge >= 0.3 is 0 Å². The van der Waals surface area contributed by atoms with Crippen molar-refractivity contribution in [2.75, 3.05) is 7.05 Å². The molecule has 19 heavy (non-hydrogen) atoms. The highest BCUT2D eigenvalue weighted by Crippen LogP contribution is 2.26. The zero-order valence-corrected chi connectivity index (χ0v) is 14.2. The molecule has 2 N–H and O–H groups in total. The average Bonchev–Trinajstić information content (AvgIpc) is 2.98. The van der Waals surface area contributed by atoms with E-state index in [0.717, 1.165) is 14.9 Å². The molecule has 2 rings (SSSR count). The van der Waals surface area contributed by atoms with Crippen molar-refractivity contribution in [3.63, 3.8) is 0 Å². The fourth-order valence-corrected chi connectivity index (χ4v) is 5.31. The van der Waals surface area contributed by atoms with Crippen LogP contribution in [0.5, 0.6) is 0 Å². The quantitative estimate of drug-likeness (QED) is 0.866. The summed E-state index contributed by atoms with van der Waals surface area (Å²) in [5.74, 6) is 0. The number of hydrogen-bond acceptors (Lipinski definition) is 5. The van der Waals surface area contributed by atoms with Gasteiger partial charge in [-0.05, 0) is 49.9 Å². The number of thiophene rings is 2. The molecular formula is C11H13BrN2O2S3. The van der Waals surface area contributed by atoms with Gasteiger partial charge < -0.3 is 5.73 Å². The summed E-state index contributed by atoms with van der Waals surface area (Å²) in [6.45, 7) is 0.716. The molecule has 0 amide bonds. The third kappa shape index (κ3) is 3.45. The Bertz CT molecular complexity index is 663. The minimum absolute atomic E-state index is 0.338. The Kier molecular flexibility index (Phi) is 4.80. The molecular weight excluding hydrogens is 368 g/mol. The van der Waals surface area contributed by atoms with Gasteiger partial charge in [0, 0.05) is 20.1 Å². The van der Waals surface area contributed by atoms with E-state index in [1.165, 1.54) is 15.6 Å². The molecule has 0 bridgehead atoms. The van der Waals surface area contributed by atoms with Gasteiger partial charge in [0.15, 0.2) is 0 Å². The van der Waals surface area contributed by atoms with Crippen LogP contribution >= 0.6 is 38.6 Å². The van der Waals surface area contributed by atoms with E-state index in [1.807, 2.05) is 11.4 Å². The molecule has 0 atom stereocenters. The Morgan fingerprint density at radius 2 is 1.95 bits per heavy atom. The second-order valence-electron chi connectivity index (χ2n) is 4.00. The lowest BCUT2D eigenvalue weighted by Crippen LogP contribution is -2.25. The van der Waals surface area contributed by atoms with Crippen molar-refractivity contribution in [2.24, 2.45) is 5.73 Å². The molecule has 0 unspecified atom stereocenters. The van der Waals surface area contributed by atoms with E-state index >= 15 is 0 Å². The molecule has 2 heterocycles. The van der Waals surface area contributed by atoms with E-state index in [4.69, 9.17) is 5.73 Å². The second-order valence-corrected chi connectivity index (χ2v) is 9.47. The summed E-state index contributed by atoms with van der Waals surface area (Å²) >= 11 is 6.12. The van der Waals surface area contributed by atoms with Crippen LogP contribution in [0.2, 0.25) is 0 Å². The monoisotopic (exact) mass is 380 g/mol. The topological polar surface area (TPSA) is 63.4 Å². The standard InChI is InChI=1S/C11H13BrN2O2S3/c1-14(5-9-2-10(12)17-7-9)19(15,16)11-3-8(4-13)6-18-11/h2-3,6-7H,4-5,13H2,1H3. The third-order valence-corrected chi connectivity index (χ3v) is 7.38. The number of sulfonamides is 1. The van der Waals surface area contributed by atoms with E-state index < -0.39 is 10.0 Å². The van der Waals surface area contributed by atoms with Crippen molar-refractivity contribution in [2.45, 2.75) is 17.3 Å². The number of nitrogens with zero attached hydrogens (tertiary/aromatic N) is 1. The first-order valence-corrected chi connectivity index (χ1v) is 9.39. The molecule has 0 spiro atoms. The van der Waals surface area contributed by atoms with Gasteiger partial charge in [0.2, 0.25) is 0 Å². The van der Waals surface area contributed by atoms with E-state index in [9.17, 15) is 8.42 Å². The van der Waals surface area contributed by atoms with Crippen LogP contribution in [0.25, 0.3) is 0 Å². The van der Waals surface area contributed by atoms with Crippen molar-refractivity contribution in [1.29, 1.82) is 0 Å². The number of hydrogen-bond donors (Lipinski definition) is 1. The van der Waals surface area contributed by atoms with Gasteiger partial charge in [0.1, 0.15) is 4.21 Å². The van der Waals surface area contributed by atoms with Crippen LogP contribution in [-0.4, -0.2) is 19.8 Å². The van der Waals surface area contributed by atoms with Crippen LogP contribution in [0.4, 0.5) is 0 Å². The first-order chi connectivity index (χ1) is 8.93. The minimum Gasteiger partial charge on any atom is -0.326 e. The molecule has 104 valence electrons. The maximum absolute atomic E-state index is 12.4. The van der Waals surface area contributed by atoms with Gasteiger partial charge in [0.05, 0.1) is 3.79 Å². The normalized spacial score (nSPS) is 12.2. The lowest BCUT2D eigenvalue weighted by molar-refractivity contribution is 0.469. The Hall–Kier alpha value is -0.250. The van der Waals surface area contributed by atoms with Crippen LogP contribution < -0.4 is 5.73 Å². The molecule has 2 aromatic heterocycles. The van der Waals surface area contributed by atoms with Crippen LogP contribution in [-0.2, 0) is 23.1 Å². The molecule has 8 heteroatoms. The summed E-state index contributed by atoms with van der Waals surface area (Å²) in [7, 11) is -1.85. The summed E-state index contributed by atoms with van der Waals surface area (Å²) in [5, 5.41) is 3.72. The summed E-state index contributed by atoms with van der Waals surface area (Å²) in [5.41, 5.74) is 7.32. The third-order valence-electron chi connectivity index (χ3n) is 2.56. The largest absolute Gasteiger partial charge is 0.326 e. The first-order valence-electron chi connectivity index (χ1n) is 5.40. The SMILES string of the molecule is CN(Cc1csc(Br)c1)S(=O)(=O)c1cc(CN)cs1. The predicted octanol–water partition coefficient (Wildman–Crippen LogP) is 2.85. The van der Waals surface area contributed by atoms with Crippen molar-refractivity contribution in [3.8, 4) is 0 Å². The maximum atomic E-state index is 12.4. The summed E-state index contributed by atoms with van der Waals surface area (Å²) in [6, 6.07) is 3.57. The van der Waals surface area contributed by atoms with Crippen LogP contribution in [0, 0.1) is 0 Å². The minimum atomic E-state index is -3.43. The molecule has 0 saturated carbocycles. The predicted molar refractivity (Wildman–Crippen MR) is 82.9 cm³/mol. The van der Waals surface area contributed by atoms with E-state index in [0.29, 0.717) is 17.3 Å². The van der Waals surface area contributed by atoms with Gasteiger partial charge in [-0.1, -0.05) is 0 Å². The molecule has 4 nitrogen and oxygen atoms in total. The van der Waals surface area contributed by atoms with Crippen molar-refractivity contribution < 1.29 is 8.42 Å². The summed E-state index contributed by atoms with van der Waals surface area (Å²) in [4.78, 5) is 0. The number of rotatable bonds is 5. The Morgan fingerprint density at radius 1 is 1.26 bits per heavy atom. The fraction of sp³-hybridized carbons (Fsp3) is 0.273. The molecule has 0 aliphatic heterocycles.